The minimum atomic E-state index is 0.432. The summed E-state index contributed by atoms with van der Waals surface area (Å²) in [5.74, 6) is 0.963. The molecule has 1 aromatic carbocycles. The van der Waals surface area contributed by atoms with Crippen LogP contribution in [0.2, 0.25) is 0 Å². The standard InChI is InChI=1S/C13H6BrN3OS/c14-9-3-1-2-8(6-9)12-16-13(18-17-12)11-5-4-10(7-15)19-11/h1-6H. The first-order chi connectivity index (χ1) is 9.26. The smallest absolute Gasteiger partial charge is 0.268 e. The predicted molar refractivity (Wildman–Crippen MR) is 75.5 cm³/mol. The molecule has 4 nitrogen and oxygen atoms in total. The zero-order valence-corrected chi connectivity index (χ0v) is 11.9. The molecule has 0 saturated carbocycles. The van der Waals surface area contributed by atoms with Crippen LogP contribution in [0.5, 0.6) is 0 Å². The van der Waals surface area contributed by atoms with E-state index in [1.54, 1.807) is 12.1 Å². The van der Waals surface area contributed by atoms with Crippen LogP contribution in [-0.2, 0) is 0 Å². The molecule has 3 rings (SSSR count). The first-order valence-electron chi connectivity index (χ1n) is 5.36. The van der Waals surface area contributed by atoms with Gasteiger partial charge in [-0.2, -0.15) is 10.2 Å². The van der Waals surface area contributed by atoms with E-state index in [0.717, 1.165) is 14.9 Å². The Morgan fingerprint density at radius 2 is 2.16 bits per heavy atom. The van der Waals surface area contributed by atoms with E-state index in [1.165, 1.54) is 11.3 Å². The Hall–Kier alpha value is -1.97. The maximum Gasteiger partial charge on any atom is 0.268 e. The number of thiophene rings is 1. The molecule has 19 heavy (non-hydrogen) atoms. The van der Waals surface area contributed by atoms with Gasteiger partial charge in [0.05, 0.1) is 4.88 Å². The fourth-order valence-electron chi connectivity index (χ4n) is 1.58. The first kappa shape index (κ1) is 12.1. The summed E-state index contributed by atoms with van der Waals surface area (Å²) in [7, 11) is 0. The molecule has 0 fully saturated rings. The predicted octanol–water partition coefficient (Wildman–Crippen LogP) is 4.10. The van der Waals surface area contributed by atoms with Crippen LogP contribution in [0, 0.1) is 11.3 Å². The summed E-state index contributed by atoms with van der Waals surface area (Å²) >= 11 is 4.73. The summed E-state index contributed by atoms with van der Waals surface area (Å²) in [5.41, 5.74) is 0.876. The summed E-state index contributed by atoms with van der Waals surface area (Å²) in [6.07, 6.45) is 0. The Morgan fingerprint density at radius 1 is 1.26 bits per heavy atom. The fraction of sp³-hybridized carbons (Fsp3) is 0. The normalized spacial score (nSPS) is 10.3. The highest BCUT2D eigenvalue weighted by atomic mass is 79.9. The second-order valence-corrected chi connectivity index (χ2v) is 5.71. The van der Waals surface area contributed by atoms with Gasteiger partial charge in [-0.05, 0) is 24.3 Å². The Kier molecular flexibility index (Phi) is 3.15. The molecule has 0 spiro atoms. The van der Waals surface area contributed by atoms with Gasteiger partial charge in [-0.3, -0.25) is 0 Å². The molecule has 2 aromatic heterocycles. The lowest BCUT2D eigenvalue weighted by atomic mass is 10.2. The summed E-state index contributed by atoms with van der Waals surface area (Å²) in [6.45, 7) is 0. The van der Waals surface area contributed by atoms with E-state index in [9.17, 15) is 0 Å². The van der Waals surface area contributed by atoms with E-state index in [4.69, 9.17) is 9.78 Å². The average molecular weight is 332 g/mol. The van der Waals surface area contributed by atoms with Gasteiger partial charge in [0.2, 0.25) is 5.82 Å². The third-order valence-electron chi connectivity index (χ3n) is 2.44. The zero-order chi connectivity index (χ0) is 13.2. The van der Waals surface area contributed by atoms with Crippen molar-refractivity contribution in [2.75, 3.05) is 0 Å². The van der Waals surface area contributed by atoms with Crippen LogP contribution in [0.3, 0.4) is 0 Å². The average Bonchev–Trinajstić information content (AvgIpc) is 3.07. The van der Waals surface area contributed by atoms with Gasteiger partial charge in [-0.25, -0.2) is 0 Å². The lowest BCUT2D eigenvalue weighted by Gasteiger charge is -1.93. The molecule has 92 valence electrons. The number of hydrogen-bond donors (Lipinski definition) is 0. The number of hydrogen-bond acceptors (Lipinski definition) is 5. The molecule has 0 unspecified atom stereocenters. The van der Waals surface area contributed by atoms with Crippen molar-refractivity contribution >= 4 is 27.3 Å². The van der Waals surface area contributed by atoms with Crippen molar-refractivity contribution in [1.82, 2.24) is 10.1 Å². The quantitative estimate of drug-likeness (QED) is 0.709. The van der Waals surface area contributed by atoms with Crippen molar-refractivity contribution in [1.29, 1.82) is 5.26 Å². The van der Waals surface area contributed by atoms with Gasteiger partial charge in [-0.1, -0.05) is 33.2 Å². The second-order valence-electron chi connectivity index (χ2n) is 3.71. The van der Waals surface area contributed by atoms with Crippen molar-refractivity contribution in [3.8, 4) is 28.2 Å². The van der Waals surface area contributed by atoms with Gasteiger partial charge in [0.25, 0.3) is 5.89 Å². The Morgan fingerprint density at radius 3 is 2.89 bits per heavy atom. The minimum Gasteiger partial charge on any atom is -0.333 e. The van der Waals surface area contributed by atoms with Crippen LogP contribution in [0.15, 0.2) is 45.4 Å². The van der Waals surface area contributed by atoms with Crippen LogP contribution in [-0.4, -0.2) is 10.1 Å². The molecular weight excluding hydrogens is 326 g/mol. The number of halogens is 1. The van der Waals surface area contributed by atoms with Gasteiger partial charge in [0, 0.05) is 10.0 Å². The molecule has 0 saturated heterocycles. The number of benzene rings is 1. The SMILES string of the molecule is N#Cc1ccc(-c2nc(-c3cccc(Br)c3)no2)s1. The largest absolute Gasteiger partial charge is 0.333 e. The summed E-state index contributed by atoms with van der Waals surface area (Å²) in [6, 6.07) is 13.3. The monoisotopic (exact) mass is 331 g/mol. The third kappa shape index (κ3) is 2.43. The Bertz CT molecular complexity index is 772. The van der Waals surface area contributed by atoms with Crippen LogP contribution in [0.1, 0.15) is 4.88 Å². The van der Waals surface area contributed by atoms with Gasteiger partial charge in [-0.15, -0.1) is 11.3 Å². The molecule has 0 aliphatic carbocycles. The van der Waals surface area contributed by atoms with Gasteiger partial charge in [0.15, 0.2) is 0 Å². The number of nitrogens with zero attached hydrogens (tertiary/aromatic N) is 3. The molecule has 0 amide bonds. The van der Waals surface area contributed by atoms with Crippen molar-refractivity contribution in [3.63, 3.8) is 0 Å². The maximum atomic E-state index is 8.80. The number of nitriles is 1. The summed E-state index contributed by atoms with van der Waals surface area (Å²) in [4.78, 5) is 5.76. The van der Waals surface area contributed by atoms with E-state index in [2.05, 4.69) is 32.1 Å². The molecule has 0 aliphatic rings. The highest BCUT2D eigenvalue weighted by molar-refractivity contribution is 9.10. The molecular formula is C13H6BrN3OS. The van der Waals surface area contributed by atoms with Crippen molar-refractivity contribution in [2.45, 2.75) is 0 Å². The zero-order valence-electron chi connectivity index (χ0n) is 9.50. The maximum absolute atomic E-state index is 8.80. The van der Waals surface area contributed by atoms with Crippen LogP contribution < -0.4 is 0 Å². The summed E-state index contributed by atoms with van der Waals surface area (Å²) < 4.78 is 6.19. The van der Waals surface area contributed by atoms with Gasteiger partial charge in [0.1, 0.15) is 10.9 Å². The molecule has 0 aliphatic heterocycles. The Balaban J connectivity index is 1.97. The van der Waals surface area contributed by atoms with Crippen LogP contribution >= 0.6 is 27.3 Å². The van der Waals surface area contributed by atoms with Crippen molar-refractivity contribution in [2.24, 2.45) is 0 Å². The lowest BCUT2D eigenvalue weighted by molar-refractivity contribution is 0.433. The fourth-order valence-corrected chi connectivity index (χ4v) is 2.71. The molecule has 6 heteroatoms. The van der Waals surface area contributed by atoms with Crippen molar-refractivity contribution < 1.29 is 4.52 Å². The van der Waals surface area contributed by atoms with E-state index < -0.39 is 0 Å². The molecule has 0 radical (unpaired) electrons. The van der Waals surface area contributed by atoms with E-state index >= 15 is 0 Å². The van der Waals surface area contributed by atoms with E-state index in [0.29, 0.717) is 16.6 Å². The molecule has 0 N–H and O–H groups in total. The number of rotatable bonds is 2. The Labute approximate surface area is 121 Å². The van der Waals surface area contributed by atoms with E-state index in [-0.39, 0.29) is 0 Å². The molecule has 0 atom stereocenters. The first-order valence-corrected chi connectivity index (χ1v) is 6.97. The molecule has 0 bridgehead atoms. The summed E-state index contributed by atoms with van der Waals surface area (Å²) in [5, 5.41) is 12.8. The van der Waals surface area contributed by atoms with Gasteiger partial charge >= 0.3 is 0 Å². The minimum absolute atomic E-state index is 0.432. The third-order valence-corrected chi connectivity index (χ3v) is 3.91. The molecule has 3 aromatic rings. The van der Waals surface area contributed by atoms with E-state index in [1.807, 2.05) is 24.3 Å². The second kappa shape index (κ2) is 4.96. The van der Waals surface area contributed by atoms with Gasteiger partial charge < -0.3 is 4.52 Å². The molecule has 2 heterocycles. The topological polar surface area (TPSA) is 62.7 Å². The lowest BCUT2D eigenvalue weighted by Crippen LogP contribution is -1.80. The highest BCUT2D eigenvalue weighted by Crippen LogP contribution is 2.28. The number of aromatic nitrogens is 2. The van der Waals surface area contributed by atoms with Crippen LogP contribution in [0.25, 0.3) is 22.2 Å². The van der Waals surface area contributed by atoms with Crippen molar-refractivity contribution in [3.05, 3.63) is 45.7 Å². The van der Waals surface area contributed by atoms with Crippen LogP contribution in [0.4, 0.5) is 0 Å². The highest BCUT2D eigenvalue weighted by Gasteiger charge is 2.12.